The standard InChI is InChI=1S/C14H25NO2/c1-13(5-3-2-4-6-13)15-9-7-14(8-10-15)16-11-12-17-14/h2-12H2,1H3. The van der Waals surface area contributed by atoms with Gasteiger partial charge >= 0.3 is 0 Å². The van der Waals surface area contributed by atoms with Crippen LogP contribution in [0.25, 0.3) is 0 Å². The molecular formula is C14H25NO2. The van der Waals surface area contributed by atoms with Gasteiger partial charge in [-0.2, -0.15) is 0 Å². The summed E-state index contributed by atoms with van der Waals surface area (Å²) in [6, 6.07) is 0. The highest BCUT2D eigenvalue weighted by Gasteiger charge is 2.43. The molecule has 1 saturated carbocycles. The molecular weight excluding hydrogens is 214 g/mol. The molecule has 2 heterocycles. The quantitative estimate of drug-likeness (QED) is 0.702. The predicted octanol–water partition coefficient (Wildman–Crippen LogP) is 2.55. The molecule has 3 rings (SSSR count). The lowest BCUT2D eigenvalue weighted by molar-refractivity contribution is -0.193. The highest BCUT2D eigenvalue weighted by atomic mass is 16.7. The lowest BCUT2D eigenvalue weighted by atomic mass is 9.80. The molecule has 0 aromatic carbocycles. The molecule has 2 aliphatic heterocycles. The van der Waals surface area contributed by atoms with Gasteiger partial charge in [-0.05, 0) is 19.8 Å². The monoisotopic (exact) mass is 239 g/mol. The van der Waals surface area contributed by atoms with E-state index in [0.717, 1.165) is 39.1 Å². The zero-order valence-corrected chi connectivity index (χ0v) is 11.0. The van der Waals surface area contributed by atoms with Crippen LogP contribution in [0.1, 0.15) is 51.9 Å². The van der Waals surface area contributed by atoms with Crippen LogP contribution in [0.2, 0.25) is 0 Å². The van der Waals surface area contributed by atoms with Crippen LogP contribution in [0.5, 0.6) is 0 Å². The van der Waals surface area contributed by atoms with Crippen molar-refractivity contribution in [3.8, 4) is 0 Å². The van der Waals surface area contributed by atoms with Gasteiger partial charge in [-0.25, -0.2) is 0 Å². The van der Waals surface area contributed by atoms with Gasteiger partial charge < -0.3 is 9.47 Å². The van der Waals surface area contributed by atoms with E-state index >= 15 is 0 Å². The third-order valence-corrected chi connectivity index (χ3v) is 5.03. The van der Waals surface area contributed by atoms with Crippen molar-refractivity contribution >= 4 is 0 Å². The molecule has 0 aromatic heterocycles. The van der Waals surface area contributed by atoms with E-state index in [-0.39, 0.29) is 5.79 Å². The normalized spacial score (nSPS) is 33.0. The molecule has 98 valence electrons. The van der Waals surface area contributed by atoms with Crippen LogP contribution < -0.4 is 0 Å². The maximum atomic E-state index is 5.80. The van der Waals surface area contributed by atoms with Crippen molar-refractivity contribution in [3.63, 3.8) is 0 Å². The molecule has 1 aliphatic carbocycles. The summed E-state index contributed by atoms with van der Waals surface area (Å²) in [5.74, 6) is -0.207. The fraction of sp³-hybridized carbons (Fsp3) is 1.00. The van der Waals surface area contributed by atoms with Gasteiger partial charge in [-0.15, -0.1) is 0 Å². The van der Waals surface area contributed by atoms with E-state index < -0.39 is 0 Å². The smallest absolute Gasteiger partial charge is 0.170 e. The molecule has 3 nitrogen and oxygen atoms in total. The van der Waals surface area contributed by atoms with Crippen LogP contribution in [0.15, 0.2) is 0 Å². The zero-order valence-electron chi connectivity index (χ0n) is 11.0. The van der Waals surface area contributed by atoms with Gasteiger partial charge in [0.05, 0.1) is 13.2 Å². The highest BCUT2D eigenvalue weighted by molar-refractivity contribution is 4.93. The average Bonchev–Trinajstić information content (AvgIpc) is 2.79. The number of hydrogen-bond donors (Lipinski definition) is 0. The van der Waals surface area contributed by atoms with Crippen LogP contribution in [-0.4, -0.2) is 42.5 Å². The Morgan fingerprint density at radius 2 is 1.41 bits per heavy atom. The fourth-order valence-corrected chi connectivity index (χ4v) is 3.80. The molecule has 2 saturated heterocycles. The summed E-state index contributed by atoms with van der Waals surface area (Å²) in [5, 5.41) is 0. The Morgan fingerprint density at radius 1 is 0.824 bits per heavy atom. The molecule has 0 aromatic rings. The Labute approximate surface area is 104 Å². The van der Waals surface area contributed by atoms with Crippen molar-refractivity contribution in [1.82, 2.24) is 4.90 Å². The molecule has 0 radical (unpaired) electrons. The second-order valence-corrected chi connectivity index (χ2v) is 6.15. The Balaban J connectivity index is 1.60. The predicted molar refractivity (Wildman–Crippen MR) is 66.9 cm³/mol. The van der Waals surface area contributed by atoms with Gasteiger partial charge in [-0.3, -0.25) is 4.90 Å². The maximum absolute atomic E-state index is 5.80. The number of hydrogen-bond acceptors (Lipinski definition) is 3. The summed E-state index contributed by atoms with van der Waals surface area (Å²) >= 11 is 0. The van der Waals surface area contributed by atoms with Crippen molar-refractivity contribution in [1.29, 1.82) is 0 Å². The minimum Gasteiger partial charge on any atom is -0.347 e. The third kappa shape index (κ3) is 2.25. The van der Waals surface area contributed by atoms with Gasteiger partial charge in [0, 0.05) is 31.5 Å². The molecule has 0 bridgehead atoms. The molecule has 0 unspecified atom stereocenters. The van der Waals surface area contributed by atoms with E-state index in [2.05, 4.69) is 11.8 Å². The van der Waals surface area contributed by atoms with E-state index in [1.807, 2.05) is 0 Å². The highest BCUT2D eigenvalue weighted by Crippen LogP contribution is 2.38. The van der Waals surface area contributed by atoms with Crippen molar-refractivity contribution in [2.24, 2.45) is 0 Å². The van der Waals surface area contributed by atoms with E-state index in [1.165, 1.54) is 32.1 Å². The summed E-state index contributed by atoms with van der Waals surface area (Å²) in [5.41, 5.74) is 0.457. The number of likely N-dealkylation sites (tertiary alicyclic amines) is 1. The fourth-order valence-electron chi connectivity index (χ4n) is 3.80. The first-order chi connectivity index (χ1) is 8.23. The van der Waals surface area contributed by atoms with Crippen LogP contribution >= 0.6 is 0 Å². The second-order valence-electron chi connectivity index (χ2n) is 6.15. The molecule has 0 N–H and O–H groups in total. The first kappa shape index (κ1) is 11.9. The summed E-state index contributed by atoms with van der Waals surface area (Å²) < 4.78 is 11.6. The van der Waals surface area contributed by atoms with Crippen molar-refractivity contribution < 1.29 is 9.47 Å². The molecule has 3 aliphatic rings. The third-order valence-electron chi connectivity index (χ3n) is 5.03. The number of rotatable bonds is 1. The van der Waals surface area contributed by atoms with Gasteiger partial charge in [-0.1, -0.05) is 19.3 Å². The van der Waals surface area contributed by atoms with Gasteiger partial charge in [0.2, 0.25) is 0 Å². The van der Waals surface area contributed by atoms with Crippen LogP contribution in [0.4, 0.5) is 0 Å². The minimum atomic E-state index is -0.207. The molecule has 3 heteroatoms. The lowest BCUT2D eigenvalue weighted by Crippen LogP contribution is -2.55. The molecule has 3 fully saturated rings. The van der Waals surface area contributed by atoms with Crippen LogP contribution in [0, 0.1) is 0 Å². The Hall–Kier alpha value is -0.120. The van der Waals surface area contributed by atoms with E-state index in [1.54, 1.807) is 0 Å². The zero-order chi connectivity index (χ0) is 11.8. The van der Waals surface area contributed by atoms with Crippen LogP contribution in [0.3, 0.4) is 0 Å². The first-order valence-corrected chi connectivity index (χ1v) is 7.26. The van der Waals surface area contributed by atoms with E-state index in [4.69, 9.17) is 9.47 Å². The molecule has 1 spiro atoms. The van der Waals surface area contributed by atoms with Crippen molar-refractivity contribution in [2.45, 2.75) is 63.2 Å². The van der Waals surface area contributed by atoms with Crippen molar-refractivity contribution in [3.05, 3.63) is 0 Å². The summed E-state index contributed by atoms with van der Waals surface area (Å²) in [6.45, 7) is 6.34. The van der Waals surface area contributed by atoms with Crippen LogP contribution in [-0.2, 0) is 9.47 Å². The van der Waals surface area contributed by atoms with Gasteiger partial charge in [0.1, 0.15) is 0 Å². The molecule has 0 atom stereocenters. The summed E-state index contributed by atoms with van der Waals surface area (Å²) in [6.07, 6.45) is 9.12. The average molecular weight is 239 g/mol. The van der Waals surface area contributed by atoms with Gasteiger partial charge in [0.15, 0.2) is 5.79 Å². The van der Waals surface area contributed by atoms with Crippen molar-refractivity contribution in [2.75, 3.05) is 26.3 Å². The Morgan fingerprint density at radius 3 is 2.00 bits per heavy atom. The summed E-state index contributed by atoms with van der Waals surface area (Å²) in [4.78, 5) is 2.70. The Bertz CT molecular complexity index is 257. The van der Waals surface area contributed by atoms with E-state index in [0.29, 0.717) is 5.54 Å². The molecule has 17 heavy (non-hydrogen) atoms. The Kier molecular flexibility index (Phi) is 3.18. The number of ether oxygens (including phenoxy) is 2. The maximum Gasteiger partial charge on any atom is 0.170 e. The lowest BCUT2D eigenvalue weighted by Gasteiger charge is -2.48. The SMILES string of the molecule is CC1(N2CCC3(CC2)OCCO3)CCCCC1. The number of piperidine rings is 1. The summed E-state index contributed by atoms with van der Waals surface area (Å²) in [7, 11) is 0. The minimum absolute atomic E-state index is 0.207. The first-order valence-electron chi connectivity index (χ1n) is 7.26. The number of nitrogens with zero attached hydrogens (tertiary/aromatic N) is 1. The van der Waals surface area contributed by atoms with Gasteiger partial charge in [0.25, 0.3) is 0 Å². The topological polar surface area (TPSA) is 21.7 Å². The largest absolute Gasteiger partial charge is 0.347 e. The second kappa shape index (κ2) is 4.52. The van der Waals surface area contributed by atoms with E-state index in [9.17, 15) is 0 Å². The molecule has 0 amide bonds.